The molecule has 0 bridgehead atoms. The maximum atomic E-state index is 13.5. The lowest BCUT2D eigenvalue weighted by Gasteiger charge is -2.34. The van der Waals surface area contributed by atoms with Gasteiger partial charge in [0.1, 0.15) is 23.1 Å². The number of rotatable bonds is 3. The predicted octanol–water partition coefficient (Wildman–Crippen LogP) is 1.67. The van der Waals surface area contributed by atoms with Gasteiger partial charge in [-0.05, 0) is 50.9 Å². The smallest absolute Gasteiger partial charge is 0.267 e. The van der Waals surface area contributed by atoms with Gasteiger partial charge in [-0.3, -0.25) is 14.0 Å². The van der Waals surface area contributed by atoms with Gasteiger partial charge in [-0.15, -0.1) is 0 Å². The second kappa shape index (κ2) is 8.90. The van der Waals surface area contributed by atoms with Crippen molar-refractivity contribution in [3.05, 3.63) is 45.4 Å². The zero-order valence-electron chi connectivity index (χ0n) is 18.2. The molecule has 2 saturated heterocycles. The topological polar surface area (TPSA) is 84.9 Å². The molecule has 0 saturated carbocycles. The molecule has 0 spiro atoms. The van der Waals surface area contributed by atoms with E-state index in [2.05, 4.69) is 16.8 Å². The van der Waals surface area contributed by atoms with Crippen LogP contribution < -0.4 is 10.5 Å². The molecular formula is C23H28N6O2. The Morgan fingerprint density at radius 3 is 2.52 bits per heavy atom. The SMILES string of the molecule is Cc1cccn2c(=O)c(/C=C(/C#N)C(=O)N3CCCCC3)c(N3CCN(C)CC3)nc12. The zero-order valence-corrected chi connectivity index (χ0v) is 18.2. The van der Waals surface area contributed by atoms with Crippen molar-refractivity contribution in [2.24, 2.45) is 0 Å². The number of pyridine rings is 1. The first-order valence-electron chi connectivity index (χ1n) is 10.9. The summed E-state index contributed by atoms with van der Waals surface area (Å²) >= 11 is 0. The fourth-order valence-electron chi connectivity index (χ4n) is 4.24. The third kappa shape index (κ3) is 4.19. The molecule has 0 aromatic carbocycles. The van der Waals surface area contributed by atoms with E-state index in [0.29, 0.717) is 30.1 Å². The fraction of sp³-hybridized carbons (Fsp3) is 0.478. The molecule has 31 heavy (non-hydrogen) atoms. The van der Waals surface area contributed by atoms with Crippen LogP contribution in [0.25, 0.3) is 11.7 Å². The minimum absolute atomic E-state index is 0.0104. The molecule has 2 aliphatic rings. The van der Waals surface area contributed by atoms with Crippen LogP contribution in [0, 0.1) is 18.3 Å². The number of carbonyl (C=O) groups is 1. The summed E-state index contributed by atoms with van der Waals surface area (Å²) in [6, 6.07) is 5.77. The molecule has 0 atom stereocenters. The number of hydrogen-bond acceptors (Lipinski definition) is 6. The van der Waals surface area contributed by atoms with Crippen molar-refractivity contribution in [1.29, 1.82) is 5.26 Å². The molecule has 8 heteroatoms. The first kappa shape index (κ1) is 21.1. The summed E-state index contributed by atoms with van der Waals surface area (Å²) in [7, 11) is 2.07. The lowest BCUT2D eigenvalue weighted by atomic mass is 10.1. The summed E-state index contributed by atoms with van der Waals surface area (Å²) in [5.41, 5.74) is 1.52. The van der Waals surface area contributed by atoms with Gasteiger partial charge in [-0.1, -0.05) is 6.07 Å². The number of nitrogens with zero attached hydrogens (tertiary/aromatic N) is 6. The Kier molecular flexibility index (Phi) is 6.05. The Hall–Kier alpha value is -3.18. The molecule has 8 nitrogen and oxygen atoms in total. The van der Waals surface area contributed by atoms with E-state index in [1.807, 2.05) is 19.1 Å². The highest BCUT2D eigenvalue weighted by Crippen LogP contribution is 2.22. The van der Waals surface area contributed by atoms with E-state index in [-0.39, 0.29) is 17.0 Å². The van der Waals surface area contributed by atoms with Gasteiger partial charge in [0.05, 0.1) is 5.56 Å². The van der Waals surface area contributed by atoms with Crippen molar-refractivity contribution < 1.29 is 4.79 Å². The Morgan fingerprint density at radius 2 is 1.84 bits per heavy atom. The second-order valence-electron chi connectivity index (χ2n) is 8.35. The number of piperazine rings is 1. The molecule has 0 aliphatic carbocycles. The molecule has 162 valence electrons. The van der Waals surface area contributed by atoms with Crippen LogP contribution in [0.15, 0.2) is 28.7 Å². The van der Waals surface area contributed by atoms with Crippen molar-refractivity contribution in [3.63, 3.8) is 0 Å². The van der Waals surface area contributed by atoms with E-state index >= 15 is 0 Å². The average molecular weight is 421 g/mol. The van der Waals surface area contributed by atoms with Gasteiger partial charge < -0.3 is 14.7 Å². The molecule has 0 radical (unpaired) electrons. The highest BCUT2D eigenvalue weighted by atomic mass is 16.2. The number of amides is 1. The molecule has 2 aromatic rings. The number of hydrogen-bond donors (Lipinski definition) is 0. The Bertz CT molecular complexity index is 1120. The Labute approximate surface area is 182 Å². The van der Waals surface area contributed by atoms with Crippen LogP contribution in [0.5, 0.6) is 0 Å². The monoisotopic (exact) mass is 420 g/mol. The number of fused-ring (bicyclic) bond motifs is 1. The summed E-state index contributed by atoms with van der Waals surface area (Å²) < 4.78 is 1.50. The standard InChI is InChI=1S/C23H28N6O2/c1-17-7-6-10-29-20(17)25-21(27-13-11-26(2)12-14-27)19(23(29)31)15-18(16-24)22(30)28-8-4-3-5-9-28/h6-7,10,15H,3-5,8-9,11-14H2,1-2H3/b18-15-. The maximum absolute atomic E-state index is 13.5. The Balaban J connectivity index is 1.84. The number of piperidine rings is 1. The lowest BCUT2D eigenvalue weighted by Crippen LogP contribution is -2.45. The molecule has 1 amide bonds. The van der Waals surface area contributed by atoms with E-state index in [1.54, 1.807) is 17.2 Å². The number of anilines is 1. The molecule has 2 aliphatic heterocycles. The van der Waals surface area contributed by atoms with Gasteiger partial charge in [0.15, 0.2) is 0 Å². The van der Waals surface area contributed by atoms with E-state index in [1.165, 1.54) is 10.5 Å². The molecule has 0 unspecified atom stereocenters. The molecule has 0 N–H and O–H groups in total. The number of likely N-dealkylation sites (tertiary alicyclic amines) is 1. The zero-order chi connectivity index (χ0) is 22.0. The van der Waals surface area contributed by atoms with Crippen LogP contribution in [0.2, 0.25) is 0 Å². The van der Waals surface area contributed by atoms with E-state index in [4.69, 9.17) is 4.98 Å². The summed E-state index contributed by atoms with van der Waals surface area (Å²) in [4.78, 5) is 37.3. The second-order valence-corrected chi connectivity index (χ2v) is 8.35. The van der Waals surface area contributed by atoms with E-state index in [0.717, 1.165) is 51.0 Å². The van der Waals surface area contributed by atoms with Crippen LogP contribution in [0.4, 0.5) is 5.82 Å². The molecule has 4 rings (SSSR count). The normalized spacial score (nSPS) is 18.3. The fourth-order valence-corrected chi connectivity index (χ4v) is 4.24. The van der Waals surface area contributed by atoms with Crippen molar-refractivity contribution in [3.8, 4) is 6.07 Å². The summed E-state index contributed by atoms with van der Waals surface area (Å²) in [5.74, 6) is 0.242. The van der Waals surface area contributed by atoms with Crippen molar-refractivity contribution in [1.82, 2.24) is 19.2 Å². The quantitative estimate of drug-likeness (QED) is 0.555. The predicted molar refractivity (Wildman–Crippen MR) is 120 cm³/mol. The van der Waals surface area contributed by atoms with Gasteiger partial charge in [0.25, 0.3) is 11.5 Å². The average Bonchev–Trinajstić information content (AvgIpc) is 2.80. The van der Waals surface area contributed by atoms with Gasteiger partial charge in [-0.25, -0.2) is 4.98 Å². The van der Waals surface area contributed by atoms with Crippen LogP contribution in [-0.2, 0) is 4.79 Å². The van der Waals surface area contributed by atoms with E-state index in [9.17, 15) is 14.9 Å². The highest BCUT2D eigenvalue weighted by molar-refractivity contribution is 6.02. The number of aromatic nitrogens is 2. The number of likely N-dealkylation sites (N-methyl/N-ethyl adjacent to an activating group) is 1. The van der Waals surface area contributed by atoms with Crippen molar-refractivity contribution in [2.75, 3.05) is 51.2 Å². The third-order valence-electron chi connectivity index (χ3n) is 6.15. The number of nitriles is 1. The number of aryl methyl sites for hydroxylation is 1. The van der Waals surface area contributed by atoms with Gasteiger partial charge >= 0.3 is 0 Å². The number of carbonyl (C=O) groups excluding carboxylic acids is 1. The summed E-state index contributed by atoms with van der Waals surface area (Å²) in [6.45, 7) is 6.40. The van der Waals surface area contributed by atoms with Crippen LogP contribution >= 0.6 is 0 Å². The first-order valence-corrected chi connectivity index (χ1v) is 10.9. The minimum Gasteiger partial charge on any atom is -0.353 e. The van der Waals surface area contributed by atoms with Crippen molar-refractivity contribution in [2.45, 2.75) is 26.2 Å². The van der Waals surface area contributed by atoms with Gasteiger partial charge in [0.2, 0.25) is 0 Å². The van der Waals surface area contributed by atoms with Gasteiger partial charge in [0, 0.05) is 45.5 Å². The third-order valence-corrected chi connectivity index (χ3v) is 6.15. The largest absolute Gasteiger partial charge is 0.353 e. The maximum Gasteiger partial charge on any atom is 0.267 e. The van der Waals surface area contributed by atoms with Crippen LogP contribution in [-0.4, -0.2) is 71.4 Å². The van der Waals surface area contributed by atoms with Crippen molar-refractivity contribution >= 4 is 23.4 Å². The Morgan fingerprint density at radius 1 is 1.13 bits per heavy atom. The molecule has 2 aromatic heterocycles. The van der Waals surface area contributed by atoms with E-state index < -0.39 is 0 Å². The molecular weight excluding hydrogens is 392 g/mol. The minimum atomic E-state index is -0.305. The van der Waals surface area contributed by atoms with Crippen LogP contribution in [0.3, 0.4) is 0 Å². The van der Waals surface area contributed by atoms with Gasteiger partial charge in [-0.2, -0.15) is 5.26 Å². The molecule has 2 fully saturated rings. The first-order chi connectivity index (χ1) is 15.0. The highest BCUT2D eigenvalue weighted by Gasteiger charge is 2.25. The summed E-state index contributed by atoms with van der Waals surface area (Å²) in [6.07, 6.45) is 6.11. The van der Waals surface area contributed by atoms with Crippen LogP contribution in [0.1, 0.15) is 30.4 Å². The lowest BCUT2D eigenvalue weighted by molar-refractivity contribution is -0.127. The molecule has 4 heterocycles. The summed E-state index contributed by atoms with van der Waals surface area (Å²) in [5, 5.41) is 9.76.